The van der Waals surface area contributed by atoms with E-state index in [0.717, 1.165) is 56.1 Å². The highest BCUT2D eigenvalue weighted by molar-refractivity contribution is 6.06. The molecule has 1 aliphatic heterocycles. The zero-order valence-corrected chi connectivity index (χ0v) is 28.1. The van der Waals surface area contributed by atoms with E-state index >= 15 is 0 Å². The number of phenols is 1. The number of aromatic hydroxyl groups is 1. The van der Waals surface area contributed by atoms with E-state index in [4.69, 9.17) is 0 Å². The van der Waals surface area contributed by atoms with Gasteiger partial charge in [-0.05, 0) is 117 Å². The van der Waals surface area contributed by atoms with Crippen LogP contribution in [0.3, 0.4) is 0 Å². The molecule has 2 aliphatic carbocycles. The van der Waals surface area contributed by atoms with Crippen molar-refractivity contribution in [3.8, 4) is 17.0 Å². The highest BCUT2D eigenvalue weighted by atomic mass is 16.3. The van der Waals surface area contributed by atoms with Crippen LogP contribution >= 0.6 is 0 Å². The average Bonchev–Trinajstić information content (AvgIpc) is 3.66. The molecule has 2 amide bonds. The lowest BCUT2D eigenvalue weighted by Crippen LogP contribution is -2.55. The Morgan fingerprint density at radius 1 is 0.918 bits per heavy atom. The molecule has 7 rings (SSSR count). The van der Waals surface area contributed by atoms with Crippen molar-refractivity contribution >= 4 is 40.3 Å². The highest BCUT2D eigenvalue weighted by Gasteiger charge is 2.43. The van der Waals surface area contributed by atoms with Gasteiger partial charge in [0.1, 0.15) is 17.4 Å². The van der Waals surface area contributed by atoms with Crippen molar-refractivity contribution in [3.63, 3.8) is 0 Å². The average molecular weight is 660 g/mol. The van der Waals surface area contributed by atoms with E-state index in [1.807, 2.05) is 18.2 Å². The number of phenolic OH excluding ortho intramolecular Hbond substituents is 1. The lowest BCUT2D eigenvalue weighted by molar-refractivity contribution is -0.122. The largest absolute Gasteiger partial charge is 0.508 e. The molecule has 0 bridgehead atoms. The van der Waals surface area contributed by atoms with Gasteiger partial charge in [0.15, 0.2) is 5.78 Å². The number of rotatable bonds is 8. The molecule has 1 aromatic heterocycles. The van der Waals surface area contributed by atoms with Gasteiger partial charge >= 0.3 is 0 Å². The number of nitrogens with zero attached hydrogens (tertiary/aromatic N) is 1. The Kier molecular flexibility index (Phi) is 9.16. The number of hydrogen-bond donors (Lipinski definition) is 4. The normalized spacial score (nSPS) is 18.1. The van der Waals surface area contributed by atoms with Crippen molar-refractivity contribution in [2.24, 2.45) is 0 Å². The fourth-order valence-electron chi connectivity index (χ4n) is 8.21. The second-order valence-electron chi connectivity index (χ2n) is 14.2. The first kappa shape index (κ1) is 32.8. The summed E-state index contributed by atoms with van der Waals surface area (Å²) in [6.07, 6.45) is 12.6. The number of aliphatic hydroxyl groups is 1. The van der Waals surface area contributed by atoms with Crippen LogP contribution in [0.5, 0.6) is 5.75 Å². The topological polar surface area (TPSA) is 121 Å². The predicted octanol–water partition coefficient (Wildman–Crippen LogP) is 7.65. The van der Waals surface area contributed by atoms with Crippen molar-refractivity contribution in [3.05, 3.63) is 89.0 Å². The van der Waals surface area contributed by atoms with Gasteiger partial charge in [0, 0.05) is 34.3 Å². The molecule has 3 aromatic carbocycles. The number of aliphatic hydroxyl groups excluding tert-OH is 1. The zero-order chi connectivity index (χ0) is 34.1. The molecule has 0 saturated heterocycles. The van der Waals surface area contributed by atoms with Crippen LogP contribution in [-0.4, -0.2) is 44.0 Å². The van der Waals surface area contributed by atoms with E-state index in [2.05, 4.69) is 27.3 Å². The third kappa shape index (κ3) is 6.54. The van der Waals surface area contributed by atoms with Crippen molar-refractivity contribution in [1.82, 2.24) is 9.88 Å². The smallest absolute Gasteiger partial charge is 0.252 e. The molecule has 2 fully saturated rings. The molecule has 8 heteroatoms. The van der Waals surface area contributed by atoms with Crippen LogP contribution in [0, 0.1) is 0 Å². The molecule has 0 spiro atoms. The Morgan fingerprint density at radius 2 is 1.67 bits per heavy atom. The van der Waals surface area contributed by atoms with E-state index in [-0.39, 0.29) is 17.6 Å². The molecule has 49 heavy (non-hydrogen) atoms. The molecule has 1 unspecified atom stereocenters. The van der Waals surface area contributed by atoms with Crippen molar-refractivity contribution in [2.45, 2.75) is 102 Å². The van der Waals surface area contributed by atoms with Crippen LogP contribution in [0.1, 0.15) is 104 Å². The SMILES string of the molecule is CC(O)C(=O)/C=C/c1ccc(NC(=O)C2(NC(=O)c3ccc4c(C5CCCCC5)c5n(c4c3)CCCc3cc(O)ccc3-5)CCCC2)cc1. The summed E-state index contributed by atoms with van der Waals surface area (Å²) in [5.41, 5.74) is 6.90. The number of aryl methyl sites for hydroxylation is 2. The molecule has 2 saturated carbocycles. The Hall–Kier alpha value is -4.69. The summed E-state index contributed by atoms with van der Waals surface area (Å²) in [6.45, 7) is 2.26. The number of carbonyl (C=O) groups is 3. The number of ketones is 1. The van der Waals surface area contributed by atoms with Gasteiger partial charge in [0.25, 0.3) is 5.91 Å². The minimum atomic E-state index is -1.05. The summed E-state index contributed by atoms with van der Waals surface area (Å²) >= 11 is 0. The molecule has 254 valence electrons. The zero-order valence-electron chi connectivity index (χ0n) is 28.1. The van der Waals surface area contributed by atoms with Crippen molar-refractivity contribution < 1.29 is 24.6 Å². The lowest BCUT2D eigenvalue weighted by atomic mass is 9.81. The molecular weight excluding hydrogens is 614 g/mol. The minimum Gasteiger partial charge on any atom is -0.508 e. The van der Waals surface area contributed by atoms with Crippen molar-refractivity contribution in [2.75, 3.05) is 5.32 Å². The molecule has 4 N–H and O–H groups in total. The maximum absolute atomic E-state index is 14.0. The standard InChI is InChI=1S/C41H45N3O5/c1-26(45)36(47)20-13-27-11-15-31(16-12-27)42-40(49)41(21-5-6-22-41)43-39(48)30-14-18-34-35(25-30)44-23-7-10-29-24-32(46)17-19-33(29)38(44)37(34)28-8-3-2-4-9-28/h11-20,24-26,28,45-46H,2-10,21-23H2,1H3,(H,42,49)(H,43,48)/b20-13+. The molecule has 8 nitrogen and oxygen atoms in total. The molecule has 4 aromatic rings. The first-order valence-electron chi connectivity index (χ1n) is 17.8. The van der Waals surface area contributed by atoms with Crippen LogP contribution in [-0.2, 0) is 22.6 Å². The maximum Gasteiger partial charge on any atom is 0.252 e. The second kappa shape index (κ2) is 13.7. The molecule has 2 heterocycles. The van der Waals surface area contributed by atoms with Crippen molar-refractivity contribution in [1.29, 1.82) is 0 Å². The third-order valence-electron chi connectivity index (χ3n) is 10.8. The van der Waals surface area contributed by atoms with E-state index in [9.17, 15) is 24.6 Å². The van der Waals surface area contributed by atoms with Crippen LogP contribution in [0.4, 0.5) is 5.69 Å². The summed E-state index contributed by atoms with van der Waals surface area (Å²) in [5.74, 6) is -0.116. The van der Waals surface area contributed by atoms with Crippen LogP contribution < -0.4 is 10.6 Å². The van der Waals surface area contributed by atoms with Gasteiger partial charge in [-0.3, -0.25) is 14.4 Å². The van der Waals surface area contributed by atoms with Gasteiger partial charge < -0.3 is 25.4 Å². The summed E-state index contributed by atoms with van der Waals surface area (Å²) in [6, 6.07) is 18.9. The van der Waals surface area contributed by atoms with Gasteiger partial charge in [-0.2, -0.15) is 0 Å². The van der Waals surface area contributed by atoms with E-state index in [0.29, 0.717) is 35.8 Å². The number of benzene rings is 3. The Labute approximate surface area is 287 Å². The third-order valence-corrected chi connectivity index (χ3v) is 10.8. The highest BCUT2D eigenvalue weighted by Crippen LogP contribution is 2.46. The second-order valence-corrected chi connectivity index (χ2v) is 14.2. The van der Waals surface area contributed by atoms with Gasteiger partial charge in [-0.15, -0.1) is 0 Å². The van der Waals surface area contributed by atoms with Crippen LogP contribution in [0.2, 0.25) is 0 Å². The van der Waals surface area contributed by atoms with Gasteiger partial charge in [0.05, 0.1) is 5.69 Å². The number of nitrogens with one attached hydrogen (secondary N) is 2. The van der Waals surface area contributed by atoms with Crippen LogP contribution in [0.25, 0.3) is 28.2 Å². The number of hydrogen-bond acceptors (Lipinski definition) is 5. The maximum atomic E-state index is 14.0. The van der Waals surface area contributed by atoms with Gasteiger partial charge in [0.2, 0.25) is 5.91 Å². The fraction of sp³-hybridized carbons (Fsp3) is 0.390. The summed E-state index contributed by atoms with van der Waals surface area (Å²) in [5, 5.41) is 27.1. The predicted molar refractivity (Wildman–Crippen MR) is 193 cm³/mol. The fourth-order valence-corrected chi connectivity index (χ4v) is 8.21. The van der Waals surface area contributed by atoms with E-state index in [1.165, 1.54) is 60.0 Å². The first-order valence-corrected chi connectivity index (χ1v) is 17.8. The molecular formula is C41H45N3O5. The molecule has 1 atom stereocenters. The van der Waals surface area contributed by atoms with E-state index < -0.39 is 11.6 Å². The first-order chi connectivity index (χ1) is 23.7. The van der Waals surface area contributed by atoms with E-state index in [1.54, 1.807) is 36.4 Å². The monoisotopic (exact) mass is 659 g/mol. The quantitative estimate of drug-likeness (QED) is 0.145. The Bertz CT molecular complexity index is 1920. The minimum absolute atomic E-state index is 0.233. The molecule has 3 aliphatic rings. The van der Waals surface area contributed by atoms with Gasteiger partial charge in [-0.25, -0.2) is 0 Å². The Balaban J connectivity index is 1.17. The Morgan fingerprint density at radius 3 is 2.41 bits per heavy atom. The lowest BCUT2D eigenvalue weighted by Gasteiger charge is -2.29. The number of amides is 2. The number of carbonyl (C=O) groups excluding carboxylic acids is 3. The number of aromatic nitrogens is 1. The van der Waals surface area contributed by atoms with Crippen LogP contribution in [0.15, 0.2) is 66.7 Å². The molecule has 0 radical (unpaired) electrons. The number of fused-ring (bicyclic) bond motifs is 5. The number of anilines is 1. The summed E-state index contributed by atoms with van der Waals surface area (Å²) in [4.78, 5) is 39.6. The summed E-state index contributed by atoms with van der Waals surface area (Å²) in [7, 11) is 0. The summed E-state index contributed by atoms with van der Waals surface area (Å²) < 4.78 is 2.40. The van der Waals surface area contributed by atoms with Gasteiger partial charge in [-0.1, -0.05) is 56.4 Å².